The maximum absolute atomic E-state index is 12.1. The fourth-order valence-electron chi connectivity index (χ4n) is 3.77. The molecule has 7 nitrogen and oxygen atoms in total. The van der Waals surface area contributed by atoms with Crippen molar-refractivity contribution < 1.29 is 19.4 Å². The van der Waals surface area contributed by atoms with Crippen molar-refractivity contribution in [1.82, 2.24) is 9.88 Å². The maximum Gasteiger partial charge on any atom is 0.413 e. The molecule has 1 unspecified atom stereocenters. The molecule has 2 saturated heterocycles. The van der Waals surface area contributed by atoms with Gasteiger partial charge in [0.05, 0.1) is 18.9 Å². The molecule has 0 radical (unpaired) electrons. The Balaban J connectivity index is 1.79. The minimum absolute atomic E-state index is 0.164. The van der Waals surface area contributed by atoms with Gasteiger partial charge in [0.15, 0.2) is 0 Å². The molecule has 1 aromatic heterocycles. The van der Waals surface area contributed by atoms with Gasteiger partial charge >= 0.3 is 6.09 Å². The molecule has 2 aliphatic rings. The number of carbonyl (C=O) groups excluding carboxylic acids is 1. The molecular formula is C20H31N3O4. The van der Waals surface area contributed by atoms with Crippen LogP contribution in [-0.4, -0.2) is 59.1 Å². The zero-order chi connectivity index (χ0) is 19.4. The maximum atomic E-state index is 12.1. The highest BCUT2D eigenvalue weighted by Crippen LogP contribution is 2.30. The van der Waals surface area contributed by atoms with Gasteiger partial charge in [-0.2, -0.15) is 0 Å². The lowest BCUT2D eigenvalue weighted by Gasteiger charge is -2.25. The molecule has 3 heterocycles. The van der Waals surface area contributed by atoms with Crippen LogP contribution in [0.3, 0.4) is 0 Å². The van der Waals surface area contributed by atoms with Crippen molar-refractivity contribution in [3.05, 3.63) is 23.4 Å². The smallest absolute Gasteiger partial charge is 0.413 e. The number of likely N-dealkylation sites (tertiary alicyclic amines) is 1. The SMILES string of the molecule is CC(C)(C)OC(=O)Nc1ccc(C2CCOC2)c(CN2CCC[C@H]2CO)n1. The molecule has 2 N–H and O–H groups in total. The van der Waals surface area contributed by atoms with E-state index in [1.54, 1.807) is 0 Å². The molecule has 3 rings (SSSR count). The molecule has 0 aromatic carbocycles. The number of aromatic nitrogens is 1. The Kier molecular flexibility index (Phi) is 6.34. The number of aliphatic hydroxyl groups is 1. The highest BCUT2D eigenvalue weighted by atomic mass is 16.6. The Hall–Kier alpha value is -1.70. The summed E-state index contributed by atoms with van der Waals surface area (Å²) in [6, 6.07) is 4.05. The Labute approximate surface area is 161 Å². The number of nitrogens with one attached hydrogen (secondary N) is 1. The van der Waals surface area contributed by atoms with Crippen molar-refractivity contribution >= 4 is 11.9 Å². The van der Waals surface area contributed by atoms with Crippen LogP contribution in [0.4, 0.5) is 10.6 Å². The van der Waals surface area contributed by atoms with E-state index in [9.17, 15) is 9.90 Å². The molecule has 2 fully saturated rings. The molecule has 0 bridgehead atoms. The molecule has 0 spiro atoms. The van der Waals surface area contributed by atoms with Crippen molar-refractivity contribution in [3.8, 4) is 0 Å². The quantitative estimate of drug-likeness (QED) is 0.821. The van der Waals surface area contributed by atoms with Crippen molar-refractivity contribution in [2.45, 2.75) is 64.1 Å². The van der Waals surface area contributed by atoms with Gasteiger partial charge in [-0.05, 0) is 58.2 Å². The van der Waals surface area contributed by atoms with Crippen LogP contribution >= 0.6 is 0 Å². The summed E-state index contributed by atoms with van der Waals surface area (Å²) in [6.45, 7) is 8.75. The fourth-order valence-corrected chi connectivity index (χ4v) is 3.77. The Bertz CT molecular complexity index is 653. The van der Waals surface area contributed by atoms with Crippen LogP contribution < -0.4 is 5.32 Å². The zero-order valence-electron chi connectivity index (χ0n) is 16.5. The van der Waals surface area contributed by atoms with Crippen molar-refractivity contribution in [1.29, 1.82) is 0 Å². The number of aliphatic hydroxyl groups excluding tert-OH is 1. The highest BCUT2D eigenvalue weighted by Gasteiger charge is 2.28. The zero-order valence-corrected chi connectivity index (χ0v) is 16.5. The lowest BCUT2D eigenvalue weighted by atomic mass is 9.96. The number of ether oxygens (including phenoxy) is 2. The van der Waals surface area contributed by atoms with Gasteiger partial charge in [-0.15, -0.1) is 0 Å². The summed E-state index contributed by atoms with van der Waals surface area (Å²) in [4.78, 5) is 19.1. The molecule has 2 atom stereocenters. The molecule has 1 amide bonds. The number of pyridine rings is 1. The first-order valence-corrected chi connectivity index (χ1v) is 9.78. The molecule has 0 aliphatic carbocycles. The highest BCUT2D eigenvalue weighted by molar-refractivity contribution is 5.83. The van der Waals surface area contributed by atoms with Crippen molar-refractivity contribution in [2.24, 2.45) is 0 Å². The second kappa shape index (κ2) is 8.54. The van der Waals surface area contributed by atoms with Gasteiger partial charge in [0.1, 0.15) is 11.4 Å². The Morgan fingerprint density at radius 1 is 1.41 bits per heavy atom. The van der Waals surface area contributed by atoms with Crippen LogP contribution in [0.1, 0.15) is 57.2 Å². The first-order chi connectivity index (χ1) is 12.9. The van der Waals surface area contributed by atoms with Gasteiger partial charge in [-0.3, -0.25) is 10.2 Å². The fraction of sp³-hybridized carbons (Fsp3) is 0.700. The second-order valence-electron chi connectivity index (χ2n) is 8.37. The number of anilines is 1. The van der Waals surface area contributed by atoms with Gasteiger partial charge in [0.2, 0.25) is 0 Å². The summed E-state index contributed by atoms with van der Waals surface area (Å²) >= 11 is 0. The van der Waals surface area contributed by atoms with Crippen LogP contribution in [0, 0.1) is 0 Å². The van der Waals surface area contributed by atoms with Gasteiger partial charge in [0.25, 0.3) is 0 Å². The van der Waals surface area contributed by atoms with E-state index in [1.165, 1.54) is 5.56 Å². The number of hydrogen-bond donors (Lipinski definition) is 2. The van der Waals surface area contributed by atoms with Crippen LogP contribution in [0.5, 0.6) is 0 Å². The van der Waals surface area contributed by atoms with Crippen LogP contribution in [0.15, 0.2) is 12.1 Å². The van der Waals surface area contributed by atoms with Crippen LogP contribution in [-0.2, 0) is 16.0 Å². The summed E-state index contributed by atoms with van der Waals surface area (Å²) in [6.07, 6.45) is 2.57. The van der Waals surface area contributed by atoms with E-state index in [2.05, 4.69) is 10.2 Å². The van der Waals surface area contributed by atoms with Gasteiger partial charge in [-0.25, -0.2) is 9.78 Å². The van der Waals surface area contributed by atoms with Crippen LogP contribution in [0.2, 0.25) is 0 Å². The summed E-state index contributed by atoms with van der Waals surface area (Å²) in [5, 5.41) is 12.4. The van der Waals surface area contributed by atoms with E-state index in [0.717, 1.165) is 38.1 Å². The second-order valence-corrected chi connectivity index (χ2v) is 8.37. The number of rotatable bonds is 5. The summed E-state index contributed by atoms with van der Waals surface area (Å²) in [5.41, 5.74) is 1.56. The van der Waals surface area contributed by atoms with Gasteiger partial charge in [0, 0.05) is 25.1 Å². The normalized spacial score (nSPS) is 23.6. The van der Waals surface area contributed by atoms with Gasteiger partial charge in [-0.1, -0.05) is 6.07 Å². The average molecular weight is 377 g/mol. The molecule has 150 valence electrons. The topological polar surface area (TPSA) is 83.9 Å². The molecule has 1 aromatic rings. The van der Waals surface area contributed by atoms with Crippen LogP contribution in [0.25, 0.3) is 0 Å². The predicted molar refractivity (Wildman–Crippen MR) is 103 cm³/mol. The van der Waals surface area contributed by atoms with E-state index < -0.39 is 11.7 Å². The third-order valence-electron chi connectivity index (χ3n) is 5.07. The van der Waals surface area contributed by atoms with E-state index in [0.29, 0.717) is 24.9 Å². The number of amides is 1. The third kappa shape index (κ3) is 5.40. The number of carbonyl (C=O) groups is 1. The van der Waals surface area contributed by atoms with Crippen molar-refractivity contribution in [3.63, 3.8) is 0 Å². The van der Waals surface area contributed by atoms with E-state index in [4.69, 9.17) is 14.5 Å². The molecular weight excluding hydrogens is 346 g/mol. The lowest BCUT2D eigenvalue weighted by molar-refractivity contribution is 0.0635. The standard InChI is InChI=1S/C20H31N3O4/c1-20(2,3)27-19(25)22-18-7-6-16(14-8-10-26-13-14)17(21-18)11-23-9-4-5-15(23)12-24/h6-7,14-15,24H,4-5,8-13H2,1-3H3,(H,21,22,25)/t14?,15-/m0/s1. The average Bonchev–Trinajstić information content (AvgIpc) is 3.24. The summed E-state index contributed by atoms with van der Waals surface area (Å²) in [7, 11) is 0. The monoisotopic (exact) mass is 377 g/mol. The van der Waals surface area contributed by atoms with Gasteiger partial charge < -0.3 is 14.6 Å². The minimum Gasteiger partial charge on any atom is -0.444 e. The predicted octanol–water partition coefficient (Wildman–Crippen LogP) is 2.89. The summed E-state index contributed by atoms with van der Waals surface area (Å²) in [5.74, 6) is 0.819. The molecule has 2 aliphatic heterocycles. The Morgan fingerprint density at radius 3 is 2.89 bits per heavy atom. The molecule has 0 saturated carbocycles. The van der Waals surface area contributed by atoms with E-state index >= 15 is 0 Å². The van der Waals surface area contributed by atoms with E-state index in [1.807, 2.05) is 32.9 Å². The third-order valence-corrected chi connectivity index (χ3v) is 5.07. The largest absolute Gasteiger partial charge is 0.444 e. The molecule has 27 heavy (non-hydrogen) atoms. The lowest BCUT2D eigenvalue weighted by Crippen LogP contribution is -2.32. The number of hydrogen-bond acceptors (Lipinski definition) is 6. The first-order valence-electron chi connectivity index (χ1n) is 9.78. The van der Waals surface area contributed by atoms with Crippen molar-refractivity contribution in [2.75, 3.05) is 31.7 Å². The van der Waals surface area contributed by atoms with E-state index in [-0.39, 0.29) is 12.6 Å². The first kappa shape index (κ1) is 20.0. The minimum atomic E-state index is -0.558. The summed E-state index contributed by atoms with van der Waals surface area (Å²) < 4.78 is 10.9. The Morgan fingerprint density at radius 2 is 2.22 bits per heavy atom. The molecule has 7 heteroatoms. The number of nitrogens with zero attached hydrogens (tertiary/aromatic N) is 2.